The summed E-state index contributed by atoms with van der Waals surface area (Å²) in [5, 5.41) is 0. The molecule has 2 aromatic carbocycles. The van der Waals surface area contributed by atoms with E-state index in [4.69, 9.17) is 0 Å². The first-order chi connectivity index (χ1) is 15.8. The highest BCUT2D eigenvalue weighted by Crippen LogP contribution is 2.24. The van der Waals surface area contributed by atoms with Crippen molar-refractivity contribution in [3.8, 4) is 0 Å². The molecule has 0 unspecified atom stereocenters. The summed E-state index contributed by atoms with van der Waals surface area (Å²) in [6.45, 7) is 14.0. The molecule has 0 saturated heterocycles. The molecular weight excluding hydrogens is 428 g/mol. The van der Waals surface area contributed by atoms with E-state index in [2.05, 4.69) is 0 Å². The minimum atomic E-state index is -0.386. The molecule has 34 heavy (non-hydrogen) atoms. The maximum Gasteiger partial charge on any atom is 0.193 e. The lowest BCUT2D eigenvalue weighted by Gasteiger charge is -2.15. The number of hydrogen-bond acceptors (Lipinski definition) is 5. The molecule has 0 heterocycles. The number of hydrogen-bond donors (Lipinski definition) is 0. The van der Waals surface area contributed by atoms with Gasteiger partial charge in [-0.25, -0.2) is 0 Å². The van der Waals surface area contributed by atoms with Gasteiger partial charge in [0.25, 0.3) is 0 Å². The second-order valence-electron chi connectivity index (χ2n) is 9.93. The molecule has 0 N–H and O–H groups in total. The molecule has 0 atom stereocenters. The molecule has 0 saturated carbocycles. The third-order valence-electron chi connectivity index (χ3n) is 5.72. The lowest BCUT2D eigenvalue weighted by Crippen LogP contribution is -2.19. The highest BCUT2D eigenvalue weighted by Gasteiger charge is 2.25. The van der Waals surface area contributed by atoms with Crippen LogP contribution in [0.2, 0.25) is 0 Å². The molecular formula is C29H34O5. The molecule has 0 aromatic heterocycles. The predicted molar refractivity (Wildman–Crippen MR) is 133 cm³/mol. The smallest absolute Gasteiger partial charge is 0.193 e. The lowest BCUT2D eigenvalue weighted by atomic mass is 9.86. The van der Waals surface area contributed by atoms with Crippen LogP contribution in [0.1, 0.15) is 113 Å². The molecule has 2 rings (SSSR count). The van der Waals surface area contributed by atoms with Gasteiger partial charge in [-0.15, -0.1) is 0 Å². The van der Waals surface area contributed by atoms with Gasteiger partial charge in [-0.3, -0.25) is 24.0 Å². The standard InChI is InChI=1S/C29H34O5/c1-15(2)25(30)21-11-9-19(13-23(21)27(32)17(5)6)29(34)20-10-12-22(26(31)16(3)4)24(14-20)28(33)18(7)8/h9-18H,1-8H3. The summed E-state index contributed by atoms with van der Waals surface area (Å²) in [6, 6.07) is 9.07. The van der Waals surface area contributed by atoms with Gasteiger partial charge in [0.1, 0.15) is 0 Å². The van der Waals surface area contributed by atoms with Crippen LogP contribution in [0.5, 0.6) is 0 Å². The normalized spacial score (nSPS) is 11.4. The third kappa shape index (κ3) is 5.64. The van der Waals surface area contributed by atoms with Crippen molar-refractivity contribution in [1.82, 2.24) is 0 Å². The number of carbonyl (C=O) groups excluding carboxylic acids is 5. The highest BCUT2D eigenvalue weighted by molar-refractivity contribution is 6.16. The molecule has 0 aliphatic rings. The SMILES string of the molecule is CC(C)C(=O)c1ccc(C(=O)c2ccc(C(=O)C(C)C)c(C(=O)C(C)C)c2)cc1C(=O)C(C)C. The molecule has 0 spiro atoms. The highest BCUT2D eigenvalue weighted by atomic mass is 16.1. The molecule has 2 aromatic rings. The fraction of sp³-hybridized carbons (Fsp3) is 0.414. The van der Waals surface area contributed by atoms with E-state index in [1.807, 2.05) is 0 Å². The average molecular weight is 463 g/mol. The zero-order valence-corrected chi connectivity index (χ0v) is 21.3. The van der Waals surface area contributed by atoms with Crippen LogP contribution in [0.25, 0.3) is 0 Å². The Labute approximate surface area is 202 Å². The van der Waals surface area contributed by atoms with E-state index in [9.17, 15) is 24.0 Å². The Hall–Kier alpha value is -3.21. The second-order valence-corrected chi connectivity index (χ2v) is 9.93. The summed E-state index contributed by atoms with van der Waals surface area (Å²) in [5.74, 6) is -2.43. The molecule has 0 aliphatic heterocycles. The Kier molecular flexibility index (Phi) is 8.60. The van der Waals surface area contributed by atoms with Crippen LogP contribution < -0.4 is 0 Å². The van der Waals surface area contributed by atoms with E-state index in [1.165, 1.54) is 36.4 Å². The van der Waals surface area contributed by atoms with Gasteiger partial charge in [0.05, 0.1) is 0 Å². The van der Waals surface area contributed by atoms with Gasteiger partial charge in [-0.2, -0.15) is 0 Å². The van der Waals surface area contributed by atoms with Crippen molar-refractivity contribution in [2.75, 3.05) is 0 Å². The van der Waals surface area contributed by atoms with E-state index >= 15 is 0 Å². The van der Waals surface area contributed by atoms with Gasteiger partial charge < -0.3 is 0 Å². The Bertz CT molecular complexity index is 1060. The molecule has 0 amide bonds. The van der Waals surface area contributed by atoms with Crippen molar-refractivity contribution in [3.05, 3.63) is 69.8 Å². The van der Waals surface area contributed by atoms with E-state index in [-0.39, 0.29) is 74.8 Å². The molecule has 5 nitrogen and oxygen atoms in total. The first-order valence-electron chi connectivity index (χ1n) is 11.8. The van der Waals surface area contributed by atoms with Crippen molar-refractivity contribution < 1.29 is 24.0 Å². The second kappa shape index (κ2) is 10.8. The molecule has 0 bridgehead atoms. The largest absolute Gasteiger partial charge is 0.294 e. The average Bonchev–Trinajstić information content (AvgIpc) is 2.80. The Balaban J connectivity index is 2.64. The maximum atomic E-state index is 13.4. The zero-order chi connectivity index (χ0) is 25.9. The van der Waals surface area contributed by atoms with E-state index in [0.29, 0.717) is 11.1 Å². The topological polar surface area (TPSA) is 85.3 Å². The van der Waals surface area contributed by atoms with Gasteiger partial charge in [0, 0.05) is 57.1 Å². The summed E-state index contributed by atoms with van der Waals surface area (Å²) < 4.78 is 0. The minimum Gasteiger partial charge on any atom is -0.294 e. The van der Waals surface area contributed by atoms with Crippen molar-refractivity contribution in [2.45, 2.75) is 55.4 Å². The predicted octanol–water partition coefficient (Wildman–Crippen LogP) is 6.27. The fourth-order valence-corrected chi connectivity index (χ4v) is 3.62. The number of benzene rings is 2. The Morgan fingerprint density at radius 3 is 0.971 bits per heavy atom. The van der Waals surface area contributed by atoms with Crippen LogP contribution in [0, 0.1) is 23.7 Å². The summed E-state index contributed by atoms with van der Waals surface area (Å²) in [5.41, 5.74) is 1.55. The first-order valence-corrected chi connectivity index (χ1v) is 11.8. The zero-order valence-electron chi connectivity index (χ0n) is 21.3. The molecule has 0 fully saturated rings. The van der Waals surface area contributed by atoms with Crippen LogP contribution in [0.4, 0.5) is 0 Å². The number of ketones is 5. The fourth-order valence-electron chi connectivity index (χ4n) is 3.62. The van der Waals surface area contributed by atoms with E-state index in [1.54, 1.807) is 55.4 Å². The van der Waals surface area contributed by atoms with Crippen molar-refractivity contribution in [2.24, 2.45) is 23.7 Å². The van der Waals surface area contributed by atoms with Crippen LogP contribution in [-0.2, 0) is 0 Å². The Morgan fingerprint density at radius 2 is 0.706 bits per heavy atom. The van der Waals surface area contributed by atoms with E-state index < -0.39 is 0 Å². The monoisotopic (exact) mass is 462 g/mol. The molecule has 180 valence electrons. The van der Waals surface area contributed by atoms with Gasteiger partial charge in [-0.1, -0.05) is 67.5 Å². The summed E-state index contributed by atoms with van der Waals surface area (Å²) in [6.07, 6.45) is 0. The maximum absolute atomic E-state index is 13.4. The quantitative estimate of drug-likeness (QED) is 0.388. The van der Waals surface area contributed by atoms with Gasteiger partial charge in [-0.05, 0) is 24.3 Å². The third-order valence-corrected chi connectivity index (χ3v) is 5.72. The lowest BCUT2D eigenvalue weighted by molar-refractivity contribution is 0.0905. The Morgan fingerprint density at radius 1 is 0.441 bits per heavy atom. The number of rotatable bonds is 10. The molecule has 5 heteroatoms. The van der Waals surface area contributed by atoms with Crippen LogP contribution in [-0.4, -0.2) is 28.9 Å². The van der Waals surface area contributed by atoms with Gasteiger partial charge in [0.2, 0.25) is 0 Å². The van der Waals surface area contributed by atoms with Gasteiger partial charge in [0.15, 0.2) is 28.9 Å². The van der Waals surface area contributed by atoms with Crippen molar-refractivity contribution in [3.63, 3.8) is 0 Å². The summed E-state index contributed by atoms with van der Waals surface area (Å²) in [7, 11) is 0. The minimum absolute atomic E-state index is 0.163. The van der Waals surface area contributed by atoms with Crippen LogP contribution in [0.3, 0.4) is 0 Å². The van der Waals surface area contributed by atoms with Crippen molar-refractivity contribution >= 4 is 28.9 Å². The summed E-state index contributed by atoms with van der Waals surface area (Å²) in [4.78, 5) is 64.4. The summed E-state index contributed by atoms with van der Waals surface area (Å²) >= 11 is 0. The van der Waals surface area contributed by atoms with Gasteiger partial charge >= 0.3 is 0 Å². The number of carbonyl (C=O) groups is 5. The molecule has 0 radical (unpaired) electrons. The van der Waals surface area contributed by atoms with Crippen LogP contribution >= 0.6 is 0 Å². The van der Waals surface area contributed by atoms with E-state index in [0.717, 1.165) is 0 Å². The van der Waals surface area contributed by atoms with Crippen LogP contribution in [0.15, 0.2) is 36.4 Å². The number of Topliss-reactive ketones (excluding diaryl/α,β-unsaturated/α-hetero) is 4. The first kappa shape index (κ1) is 27.0. The molecule has 0 aliphatic carbocycles. The van der Waals surface area contributed by atoms with Crippen molar-refractivity contribution in [1.29, 1.82) is 0 Å².